The summed E-state index contributed by atoms with van der Waals surface area (Å²) in [5, 5.41) is 0. The lowest BCUT2D eigenvalue weighted by molar-refractivity contribution is -0.0500. The second-order valence-corrected chi connectivity index (χ2v) is 10.2. The highest BCUT2D eigenvalue weighted by Crippen LogP contribution is 2.36. The van der Waals surface area contributed by atoms with E-state index in [9.17, 15) is 21.6 Å². The molecule has 27 heavy (non-hydrogen) atoms. The van der Waals surface area contributed by atoms with Crippen LogP contribution >= 0.6 is 47.8 Å². The summed E-state index contributed by atoms with van der Waals surface area (Å²) in [6.07, 6.45) is 1.91. The van der Waals surface area contributed by atoms with Crippen molar-refractivity contribution in [1.82, 2.24) is 0 Å². The lowest BCUT2D eigenvalue weighted by atomic mass is 9.96. The third-order valence-electron chi connectivity index (χ3n) is 4.26. The van der Waals surface area contributed by atoms with Crippen molar-refractivity contribution in [3.8, 4) is 5.75 Å². The molecule has 10 heteroatoms. The summed E-state index contributed by atoms with van der Waals surface area (Å²) >= 11 is 10.5. The minimum Gasteiger partial charge on any atom is -0.376 e. The first-order valence-electron chi connectivity index (χ1n) is 7.77. The van der Waals surface area contributed by atoms with Gasteiger partial charge in [0, 0.05) is 13.4 Å². The zero-order valence-electron chi connectivity index (χ0n) is 13.5. The molecule has 3 nitrogen and oxygen atoms in total. The molecular formula is C17H12Br3F3O3S. The van der Waals surface area contributed by atoms with Crippen LogP contribution < -0.4 is 4.18 Å². The quantitative estimate of drug-likeness (QED) is 0.313. The smallest absolute Gasteiger partial charge is 0.376 e. The molecule has 0 saturated carbocycles. The van der Waals surface area contributed by atoms with Crippen LogP contribution in [0.15, 0.2) is 37.7 Å². The van der Waals surface area contributed by atoms with Crippen molar-refractivity contribution in [2.45, 2.75) is 31.2 Å². The lowest BCUT2D eigenvalue weighted by Crippen LogP contribution is -2.28. The first kappa shape index (κ1) is 21.1. The molecule has 0 spiro atoms. The fourth-order valence-electron chi connectivity index (χ4n) is 2.82. The Morgan fingerprint density at radius 1 is 0.741 bits per heavy atom. The average molecular weight is 593 g/mol. The third kappa shape index (κ3) is 4.54. The summed E-state index contributed by atoms with van der Waals surface area (Å²) < 4.78 is 68.3. The monoisotopic (exact) mass is 590 g/mol. The highest BCUT2D eigenvalue weighted by molar-refractivity contribution is 9.11. The summed E-state index contributed by atoms with van der Waals surface area (Å²) in [4.78, 5) is 0. The number of halogens is 6. The first-order valence-corrected chi connectivity index (χ1v) is 11.6. The van der Waals surface area contributed by atoms with E-state index in [2.05, 4.69) is 52.0 Å². The summed E-state index contributed by atoms with van der Waals surface area (Å²) in [6.45, 7) is 0. The second-order valence-electron chi connectivity index (χ2n) is 6.07. The van der Waals surface area contributed by atoms with Crippen LogP contribution in [-0.4, -0.2) is 13.9 Å². The Morgan fingerprint density at radius 3 is 1.56 bits per heavy atom. The van der Waals surface area contributed by atoms with Crippen molar-refractivity contribution in [3.05, 3.63) is 59.9 Å². The number of hydrogen-bond donors (Lipinski definition) is 0. The molecule has 4 bridgehead atoms. The van der Waals surface area contributed by atoms with Crippen molar-refractivity contribution in [2.75, 3.05) is 0 Å². The van der Waals surface area contributed by atoms with Crippen molar-refractivity contribution in [1.29, 1.82) is 0 Å². The molecule has 0 N–H and O–H groups in total. The molecule has 0 fully saturated rings. The Bertz CT molecular complexity index is 1000. The molecule has 0 aromatic heterocycles. The predicted molar refractivity (Wildman–Crippen MR) is 106 cm³/mol. The Kier molecular flexibility index (Phi) is 6.01. The van der Waals surface area contributed by atoms with E-state index in [1.54, 1.807) is 6.07 Å². The zero-order valence-corrected chi connectivity index (χ0v) is 19.1. The fraction of sp³-hybridized carbons (Fsp3) is 0.294. The largest absolute Gasteiger partial charge is 0.534 e. The van der Waals surface area contributed by atoms with Gasteiger partial charge in [0.15, 0.2) is 0 Å². The third-order valence-corrected chi connectivity index (χ3v) is 7.44. The topological polar surface area (TPSA) is 43.4 Å². The molecule has 0 unspecified atom stereocenters. The van der Waals surface area contributed by atoms with Gasteiger partial charge in [0.2, 0.25) is 0 Å². The normalized spacial score (nSPS) is 14.7. The van der Waals surface area contributed by atoms with Gasteiger partial charge in [0.25, 0.3) is 0 Å². The molecule has 4 aliphatic rings. The second kappa shape index (κ2) is 7.68. The minimum atomic E-state index is -5.73. The van der Waals surface area contributed by atoms with Gasteiger partial charge in [0.1, 0.15) is 5.75 Å². The van der Waals surface area contributed by atoms with Gasteiger partial charge >= 0.3 is 15.6 Å². The molecule has 0 radical (unpaired) electrons. The van der Waals surface area contributed by atoms with Crippen LogP contribution in [0.2, 0.25) is 0 Å². The fourth-order valence-corrected chi connectivity index (χ4v) is 5.07. The van der Waals surface area contributed by atoms with Crippen LogP contribution in [0.25, 0.3) is 0 Å². The maximum absolute atomic E-state index is 12.8. The van der Waals surface area contributed by atoms with Gasteiger partial charge in [-0.2, -0.15) is 21.6 Å². The van der Waals surface area contributed by atoms with Crippen LogP contribution in [0.4, 0.5) is 13.2 Å². The van der Waals surface area contributed by atoms with E-state index >= 15 is 0 Å². The van der Waals surface area contributed by atoms with Crippen LogP contribution in [0.5, 0.6) is 5.75 Å². The van der Waals surface area contributed by atoms with Gasteiger partial charge in [0.05, 0.1) is 0 Å². The van der Waals surface area contributed by atoms with Gasteiger partial charge in [-0.1, -0.05) is 47.8 Å². The maximum Gasteiger partial charge on any atom is 0.534 e. The molecule has 6 rings (SSSR count). The van der Waals surface area contributed by atoms with Crippen molar-refractivity contribution in [2.24, 2.45) is 0 Å². The van der Waals surface area contributed by atoms with Gasteiger partial charge in [-0.15, -0.1) is 0 Å². The Hall–Kier alpha value is -0.580. The van der Waals surface area contributed by atoms with E-state index in [1.807, 2.05) is 12.1 Å². The standard InChI is InChI=1S/C17H12Br3F3O3S/c18-13-6-10-3-4-12-7-15(20)11(2-1-9(13)5-14(10)19)8-16(12)26-27(24,25)17(21,22)23/h5-8H,1-4H2. The van der Waals surface area contributed by atoms with Crippen LogP contribution in [0.3, 0.4) is 0 Å². The van der Waals surface area contributed by atoms with E-state index in [-0.39, 0.29) is 5.75 Å². The molecule has 2 aromatic rings. The molecule has 146 valence electrons. The van der Waals surface area contributed by atoms with Crippen molar-refractivity contribution in [3.63, 3.8) is 0 Å². The average Bonchev–Trinajstić information content (AvgIpc) is 2.54. The van der Waals surface area contributed by atoms with Gasteiger partial charge < -0.3 is 4.18 Å². The number of aryl methyl sites for hydroxylation is 4. The Labute approximate surface area is 179 Å². The molecule has 4 aliphatic carbocycles. The highest BCUT2D eigenvalue weighted by Gasteiger charge is 2.48. The Morgan fingerprint density at radius 2 is 1.11 bits per heavy atom. The van der Waals surface area contributed by atoms with E-state index < -0.39 is 15.6 Å². The number of alkyl halides is 3. The Balaban J connectivity index is 2.08. The van der Waals surface area contributed by atoms with Crippen molar-refractivity contribution < 1.29 is 25.8 Å². The number of hydrogen-bond acceptors (Lipinski definition) is 3. The maximum atomic E-state index is 12.8. The minimum absolute atomic E-state index is 0.282. The van der Waals surface area contributed by atoms with E-state index in [0.717, 1.165) is 20.1 Å². The van der Waals surface area contributed by atoms with Crippen molar-refractivity contribution >= 4 is 57.9 Å². The summed E-state index contributed by atoms with van der Waals surface area (Å²) in [5.41, 5.74) is -2.44. The van der Waals surface area contributed by atoms with E-state index in [4.69, 9.17) is 0 Å². The molecule has 0 amide bonds. The lowest BCUT2D eigenvalue weighted by Gasteiger charge is -2.18. The number of benzene rings is 2. The summed E-state index contributed by atoms with van der Waals surface area (Å²) in [6, 6.07) is 7.00. The molecule has 0 aliphatic heterocycles. The predicted octanol–water partition coefficient (Wildman–Crippen LogP) is 6.09. The van der Waals surface area contributed by atoms with Gasteiger partial charge in [-0.3, -0.25) is 0 Å². The summed E-state index contributed by atoms with van der Waals surface area (Å²) in [7, 11) is -5.73. The molecular weight excluding hydrogens is 581 g/mol. The molecule has 0 atom stereocenters. The molecule has 2 aromatic carbocycles. The van der Waals surface area contributed by atoms with Crippen LogP contribution in [0, 0.1) is 0 Å². The highest BCUT2D eigenvalue weighted by atomic mass is 79.9. The molecule has 0 saturated heterocycles. The SMILES string of the molecule is O=S(=O)(Oc1cc2c(Br)cc1CCc1cc(Br)c(cc1Br)CC2)C(F)(F)F. The zero-order chi connectivity index (χ0) is 20.0. The molecule has 0 heterocycles. The summed E-state index contributed by atoms with van der Waals surface area (Å²) in [5.74, 6) is -0.282. The van der Waals surface area contributed by atoms with E-state index in [0.29, 0.717) is 41.3 Å². The van der Waals surface area contributed by atoms with E-state index in [1.165, 1.54) is 6.07 Å². The van der Waals surface area contributed by atoms with Gasteiger partial charge in [-0.05, 0) is 72.2 Å². The number of rotatable bonds is 2. The van der Waals surface area contributed by atoms with Gasteiger partial charge in [-0.25, -0.2) is 0 Å². The first-order chi connectivity index (χ1) is 12.5. The van der Waals surface area contributed by atoms with Crippen LogP contribution in [0.1, 0.15) is 22.3 Å². The van der Waals surface area contributed by atoms with Crippen LogP contribution in [-0.2, 0) is 35.8 Å².